The van der Waals surface area contributed by atoms with Crippen molar-refractivity contribution >= 4 is 0 Å². The van der Waals surface area contributed by atoms with E-state index in [4.69, 9.17) is 0 Å². The Labute approximate surface area is 117 Å². The Bertz CT molecular complexity index is 535. The largest absolute Gasteiger partial charge is 0.0622 e. The van der Waals surface area contributed by atoms with Crippen molar-refractivity contribution in [3.05, 3.63) is 70.8 Å². The molecule has 0 heteroatoms. The van der Waals surface area contributed by atoms with Crippen molar-refractivity contribution in [1.29, 1.82) is 0 Å². The highest BCUT2D eigenvalue weighted by molar-refractivity contribution is 5.45. The van der Waals surface area contributed by atoms with Crippen LogP contribution in [-0.2, 0) is 18.3 Å². The van der Waals surface area contributed by atoms with Crippen LogP contribution in [0.5, 0.6) is 0 Å². The number of rotatable bonds is 4. The Kier molecular flexibility index (Phi) is 4.09. The van der Waals surface area contributed by atoms with Gasteiger partial charge in [-0.2, -0.15) is 0 Å². The molecule has 1 radical (unpaired) electrons. The van der Waals surface area contributed by atoms with Crippen molar-refractivity contribution in [3.63, 3.8) is 0 Å². The summed E-state index contributed by atoms with van der Waals surface area (Å²) in [6, 6.07) is 18.5. The Morgan fingerprint density at radius 1 is 0.947 bits per heavy atom. The van der Waals surface area contributed by atoms with E-state index in [0.717, 1.165) is 12.8 Å². The highest BCUT2D eigenvalue weighted by atomic mass is 14.3. The van der Waals surface area contributed by atoms with Gasteiger partial charge in [0.05, 0.1) is 0 Å². The van der Waals surface area contributed by atoms with Crippen LogP contribution < -0.4 is 0 Å². The SMILES string of the molecule is CCc1cc[c]c(C(C)(C)c2ccccc2)c1CC. The van der Waals surface area contributed by atoms with Crippen molar-refractivity contribution < 1.29 is 0 Å². The molecular formula is C19H23. The summed E-state index contributed by atoms with van der Waals surface area (Å²) in [4.78, 5) is 0. The normalized spacial score (nSPS) is 11.6. The van der Waals surface area contributed by atoms with Gasteiger partial charge in [-0.15, -0.1) is 0 Å². The zero-order valence-corrected chi connectivity index (χ0v) is 12.5. The monoisotopic (exact) mass is 251 g/mol. The Balaban J connectivity index is 2.58. The fourth-order valence-electron chi connectivity index (χ4n) is 2.87. The summed E-state index contributed by atoms with van der Waals surface area (Å²) >= 11 is 0. The van der Waals surface area contributed by atoms with Gasteiger partial charge in [0.1, 0.15) is 0 Å². The minimum Gasteiger partial charge on any atom is -0.0622 e. The molecule has 0 aliphatic heterocycles. The highest BCUT2D eigenvalue weighted by Crippen LogP contribution is 2.34. The van der Waals surface area contributed by atoms with Crippen LogP contribution in [0.2, 0.25) is 0 Å². The standard InChI is InChI=1S/C19H23/c1-5-15-11-10-14-18(17(15)6-2)19(3,4)16-12-8-7-9-13-16/h7-13H,5-6H2,1-4H3. The van der Waals surface area contributed by atoms with Crippen LogP contribution in [0.25, 0.3) is 0 Å². The predicted octanol–water partition coefficient (Wildman–Crippen LogP) is 4.94. The third-order valence-corrected chi connectivity index (χ3v) is 4.06. The van der Waals surface area contributed by atoms with Crippen LogP contribution in [0.3, 0.4) is 0 Å². The molecule has 0 aromatic heterocycles. The third-order valence-electron chi connectivity index (χ3n) is 4.06. The van der Waals surface area contributed by atoms with Crippen LogP contribution in [0, 0.1) is 6.07 Å². The van der Waals surface area contributed by atoms with Gasteiger partial charge in [0, 0.05) is 5.41 Å². The summed E-state index contributed by atoms with van der Waals surface area (Å²) in [5.74, 6) is 0. The van der Waals surface area contributed by atoms with Gasteiger partial charge in [-0.1, -0.05) is 70.2 Å². The third kappa shape index (κ3) is 2.58. The second-order valence-corrected chi connectivity index (χ2v) is 5.55. The van der Waals surface area contributed by atoms with Crippen LogP contribution in [0.1, 0.15) is 49.9 Å². The number of aryl methyl sites for hydroxylation is 1. The van der Waals surface area contributed by atoms with E-state index in [0.29, 0.717) is 0 Å². The minimum atomic E-state index is 0.0117. The zero-order chi connectivity index (χ0) is 13.9. The fourth-order valence-corrected chi connectivity index (χ4v) is 2.87. The van der Waals surface area contributed by atoms with Crippen LogP contribution >= 0.6 is 0 Å². The molecule has 2 aromatic rings. The molecule has 0 bridgehead atoms. The van der Waals surface area contributed by atoms with Crippen LogP contribution in [-0.4, -0.2) is 0 Å². The van der Waals surface area contributed by atoms with E-state index in [1.807, 2.05) is 0 Å². The van der Waals surface area contributed by atoms with E-state index in [1.54, 1.807) is 0 Å². The number of hydrogen-bond acceptors (Lipinski definition) is 0. The molecule has 0 unspecified atom stereocenters. The fraction of sp³-hybridized carbons (Fsp3) is 0.368. The van der Waals surface area contributed by atoms with Crippen LogP contribution in [0.4, 0.5) is 0 Å². The molecular weight excluding hydrogens is 228 g/mol. The highest BCUT2D eigenvalue weighted by Gasteiger charge is 2.26. The average molecular weight is 251 g/mol. The first kappa shape index (κ1) is 13.9. The van der Waals surface area contributed by atoms with Crippen molar-refractivity contribution in [2.24, 2.45) is 0 Å². The van der Waals surface area contributed by atoms with Gasteiger partial charge in [0.25, 0.3) is 0 Å². The molecule has 0 atom stereocenters. The molecule has 0 spiro atoms. The van der Waals surface area contributed by atoms with Gasteiger partial charge in [-0.3, -0.25) is 0 Å². The van der Waals surface area contributed by atoms with E-state index in [9.17, 15) is 0 Å². The van der Waals surface area contributed by atoms with E-state index in [2.05, 4.69) is 76.2 Å². The van der Waals surface area contributed by atoms with Gasteiger partial charge in [0.15, 0.2) is 0 Å². The Morgan fingerprint density at radius 3 is 2.21 bits per heavy atom. The average Bonchev–Trinajstić information content (AvgIpc) is 2.47. The topological polar surface area (TPSA) is 0 Å². The summed E-state index contributed by atoms with van der Waals surface area (Å²) in [5.41, 5.74) is 5.64. The smallest absolute Gasteiger partial charge is 0.0155 e. The van der Waals surface area contributed by atoms with Gasteiger partial charge >= 0.3 is 0 Å². The maximum atomic E-state index is 3.50. The summed E-state index contributed by atoms with van der Waals surface area (Å²) < 4.78 is 0. The van der Waals surface area contributed by atoms with E-state index in [1.165, 1.54) is 22.3 Å². The maximum absolute atomic E-state index is 3.50. The van der Waals surface area contributed by atoms with Crippen molar-refractivity contribution in [2.75, 3.05) is 0 Å². The maximum Gasteiger partial charge on any atom is 0.0155 e. The molecule has 2 aromatic carbocycles. The lowest BCUT2D eigenvalue weighted by Crippen LogP contribution is -2.21. The molecule has 0 saturated carbocycles. The summed E-state index contributed by atoms with van der Waals surface area (Å²) in [5, 5.41) is 0. The summed E-state index contributed by atoms with van der Waals surface area (Å²) in [7, 11) is 0. The summed E-state index contributed by atoms with van der Waals surface area (Å²) in [6.07, 6.45) is 2.17. The van der Waals surface area contributed by atoms with Gasteiger partial charge in [-0.05, 0) is 41.2 Å². The quantitative estimate of drug-likeness (QED) is 0.722. The van der Waals surface area contributed by atoms with E-state index >= 15 is 0 Å². The Morgan fingerprint density at radius 2 is 1.63 bits per heavy atom. The number of hydrogen-bond donors (Lipinski definition) is 0. The molecule has 0 aliphatic rings. The lowest BCUT2D eigenvalue weighted by atomic mass is 9.74. The molecule has 2 rings (SSSR count). The molecule has 0 heterocycles. The summed E-state index contributed by atoms with van der Waals surface area (Å²) in [6.45, 7) is 9.07. The lowest BCUT2D eigenvalue weighted by Gasteiger charge is -2.29. The molecule has 19 heavy (non-hydrogen) atoms. The van der Waals surface area contributed by atoms with E-state index in [-0.39, 0.29) is 5.41 Å². The molecule has 0 nitrogen and oxygen atoms in total. The van der Waals surface area contributed by atoms with E-state index < -0.39 is 0 Å². The lowest BCUT2D eigenvalue weighted by molar-refractivity contribution is 0.629. The number of benzene rings is 2. The zero-order valence-electron chi connectivity index (χ0n) is 12.5. The van der Waals surface area contributed by atoms with Gasteiger partial charge < -0.3 is 0 Å². The molecule has 99 valence electrons. The van der Waals surface area contributed by atoms with Gasteiger partial charge in [0.2, 0.25) is 0 Å². The molecule has 0 fully saturated rings. The molecule has 0 amide bonds. The molecule has 0 N–H and O–H groups in total. The van der Waals surface area contributed by atoms with Gasteiger partial charge in [-0.25, -0.2) is 0 Å². The van der Waals surface area contributed by atoms with Crippen LogP contribution in [0.15, 0.2) is 42.5 Å². The minimum absolute atomic E-state index is 0.0117. The first-order valence-electron chi connectivity index (χ1n) is 7.19. The van der Waals surface area contributed by atoms with Crippen molar-refractivity contribution in [2.45, 2.75) is 46.0 Å². The first-order chi connectivity index (χ1) is 9.11. The predicted molar refractivity (Wildman–Crippen MR) is 82.6 cm³/mol. The molecule has 0 aliphatic carbocycles. The first-order valence-corrected chi connectivity index (χ1v) is 7.19. The second-order valence-electron chi connectivity index (χ2n) is 5.55. The molecule has 0 saturated heterocycles. The van der Waals surface area contributed by atoms with Crippen molar-refractivity contribution in [3.8, 4) is 0 Å². The van der Waals surface area contributed by atoms with Crippen molar-refractivity contribution in [1.82, 2.24) is 0 Å². The Hall–Kier alpha value is -1.56. The second kappa shape index (κ2) is 5.61.